The number of aromatic nitrogens is 2. The van der Waals surface area contributed by atoms with Crippen LogP contribution in [0.3, 0.4) is 0 Å². The number of allylic oxidation sites excluding steroid dienone is 1. The van der Waals surface area contributed by atoms with Crippen LogP contribution >= 0.6 is 0 Å². The van der Waals surface area contributed by atoms with Crippen molar-refractivity contribution >= 4 is 11.8 Å². The smallest absolute Gasteiger partial charge is 0.290 e. The zero-order valence-corrected chi connectivity index (χ0v) is 17.9. The fraction of sp³-hybridized carbons (Fsp3) is 0.280. The summed E-state index contributed by atoms with van der Waals surface area (Å²) in [6.07, 6.45) is 3.93. The second-order valence-electron chi connectivity index (χ2n) is 7.82. The van der Waals surface area contributed by atoms with Crippen molar-refractivity contribution in [2.24, 2.45) is 0 Å². The molecule has 0 unspecified atom stereocenters. The predicted molar refractivity (Wildman–Crippen MR) is 124 cm³/mol. The van der Waals surface area contributed by atoms with E-state index >= 15 is 0 Å². The fourth-order valence-electron chi connectivity index (χ4n) is 3.94. The molecule has 2 aromatic carbocycles. The number of nitrogens with one attached hydrogen (secondary N) is 1. The van der Waals surface area contributed by atoms with Crippen LogP contribution in [0.1, 0.15) is 16.7 Å². The number of aryl methyl sites for hydroxylation is 1. The van der Waals surface area contributed by atoms with E-state index in [1.54, 1.807) is 19.1 Å². The summed E-state index contributed by atoms with van der Waals surface area (Å²) >= 11 is 0. The second-order valence-corrected chi connectivity index (χ2v) is 7.82. The van der Waals surface area contributed by atoms with Gasteiger partial charge in [-0.15, -0.1) is 0 Å². The van der Waals surface area contributed by atoms with Gasteiger partial charge in [0.1, 0.15) is 11.5 Å². The van der Waals surface area contributed by atoms with Crippen LogP contribution in [0.25, 0.3) is 17.3 Å². The molecule has 1 saturated heterocycles. The highest BCUT2D eigenvalue weighted by atomic mass is 19.1. The first-order valence-electron chi connectivity index (χ1n) is 10.6. The van der Waals surface area contributed by atoms with E-state index in [1.165, 1.54) is 10.7 Å². The Morgan fingerprint density at radius 1 is 1.10 bits per heavy atom. The highest BCUT2D eigenvalue weighted by Gasteiger charge is 2.22. The third kappa shape index (κ3) is 4.59. The van der Waals surface area contributed by atoms with Gasteiger partial charge in [-0.25, -0.2) is 9.07 Å². The molecular formula is C25H27FN4O. The maximum atomic E-state index is 13.9. The van der Waals surface area contributed by atoms with Gasteiger partial charge in [0, 0.05) is 37.3 Å². The summed E-state index contributed by atoms with van der Waals surface area (Å²) < 4.78 is 15.4. The Kier molecular flexibility index (Phi) is 6.28. The number of halogens is 1. The maximum Gasteiger partial charge on any atom is 0.290 e. The van der Waals surface area contributed by atoms with Crippen molar-refractivity contribution in [3.05, 3.63) is 87.5 Å². The lowest BCUT2D eigenvalue weighted by molar-refractivity contribution is 0.577. The number of hydrogen-bond donors (Lipinski definition) is 1. The van der Waals surface area contributed by atoms with E-state index in [0.717, 1.165) is 42.9 Å². The molecule has 1 fully saturated rings. The maximum absolute atomic E-state index is 13.9. The minimum absolute atomic E-state index is 0.0975. The molecule has 31 heavy (non-hydrogen) atoms. The Morgan fingerprint density at radius 2 is 1.84 bits per heavy atom. The Morgan fingerprint density at radius 3 is 2.55 bits per heavy atom. The Bertz CT molecular complexity index is 1150. The molecule has 0 atom stereocenters. The monoisotopic (exact) mass is 418 g/mol. The lowest BCUT2D eigenvalue weighted by atomic mass is 10.0. The van der Waals surface area contributed by atoms with Gasteiger partial charge in [0.2, 0.25) is 0 Å². The van der Waals surface area contributed by atoms with Gasteiger partial charge in [-0.2, -0.15) is 5.10 Å². The summed E-state index contributed by atoms with van der Waals surface area (Å²) in [5.74, 6) is -0.247. The second kappa shape index (κ2) is 9.27. The van der Waals surface area contributed by atoms with E-state index in [4.69, 9.17) is 0 Å². The van der Waals surface area contributed by atoms with E-state index in [0.29, 0.717) is 23.5 Å². The third-order valence-corrected chi connectivity index (χ3v) is 5.62. The van der Waals surface area contributed by atoms with Crippen LogP contribution in [0.15, 0.2) is 59.4 Å². The highest BCUT2D eigenvalue weighted by molar-refractivity contribution is 5.70. The van der Waals surface area contributed by atoms with Crippen molar-refractivity contribution in [3.8, 4) is 11.3 Å². The van der Waals surface area contributed by atoms with Gasteiger partial charge in [-0.1, -0.05) is 42.5 Å². The van der Waals surface area contributed by atoms with Crippen molar-refractivity contribution < 1.29 is 4.39 Å². The van der Waals surface area contributed by atoms with E-state index in [2.05, 4.69) is 15.3 Å². The first-order valence-corrected chi connectivity index (χ1v) is 10.6. The van der Waals surface area contributed by atoms with Crippen molar-refractivity contribution in [1.29, 1.82) is 0 Å². The molecule has 1 aromatic heterocycles. The van der Waals surface area contributed by atoms with Crippen LogP contribution in [0.2, 0.25) is 0 Å². The lowest BCUT2D eigenvalue weighted by Gasteiger charge is -2.30. The van der Waals surface area contributed by atoms with E-state index < -0.39 is 0 Å². The van der Waals surface area contributed by atoms with Gasteiger partial charge < -0.3 is 10.2 Å². The van der Waals surface area contributed by atoms with Gasteiger partial charge in [-0.3, -0.25) is 4.79 Å². The van der Waals surface area contributed by atoms with Gasteiger partial charge >= 0.3 is 0 Å². The quantitative estimate of drug-likeness (QED) is 0.685. The minimum Gasteiger partial charge on any atom is -0.364 e. The predicted octanol–water partition coefficient (Wildman–Crippen LogP) is 3.79. The SMILES string of the molecule is Cc1cc(-c2nn(CC=Cc3ccccc3)c(=O)c(N3CCNCC3)c2C)ccc1F. The minimum atomic E-state index is -0.247. The molecule has 3 aromatic rings. The highest BCUT2D eigenvalue weighted by Crippen LogP contribution is 2.28. The molecular weight excluding hydrogens is 391 g/mol. The van der Waals surface area contributed by atoms with E-state index in [1.807, 2.05) is 49.4 Å². The Labute approximate surface area is 181 Å². The number of benzene rings is 2. The molecule has 0 spiro atoms. The third-order valence-electron chi connectivity index (χ3n) is 5.62. The molecule has 1 aliphatic heterocycles. The summed E-state index contributed by atoms with van der Waals surface area (Å²) in [6.45, 7) is 7.23. The van der Waals surface area contributed by atoms with Crippen LogP contribution in [0.5, 0.6) is 0 Å². The van der Waals surface area contributed by atoms with Gasteiger partial charge in [0.25, 0.3) is 5.56 Å². The first-order chi connectivity index (χ1) is 15.0. The molecule has 0 amide bonds. The zero-order valence-electron chi connectivity index (χ0n) is 17.9. The summed E-state index contributed by atoms with van der Waals surface area (Å²) in [5, 5.41) is 8.02. The number of anilines is 1. The fourth-order valence-corrected chi connectivity index (χ4v) is 3.94. The summed E-state index contributed by atoms with van der Waals surface area (Å²) in [4.78, 5) is 15.5. The first kappa shape index (κ1) is 21.0. The average molecular weight is 419 g/mol. The standard InChI is InChI=1S/C25H27FN4O/c1-18-17-21(10-11-22(18)26)23-19(2)24(29-15-12-27-13-16-29)25(31)30(28-23)14-6-9-20-7-4-3-5-8-20/h3-11,17,27H,12-16H2,1-2H3. The largest absolute Gasteiger partial charge is 0.364 e. The van der Waals surface area contributed by atoms with Gasteiger partial charge in [0.15, 0.2) is 0 Å². The topological polar surface area (TPSA) is 50.2 Å². The molecule has 4 rings (SSSR count). The number of piperazine rings is 1. The molecule has 2 heterocycles. The van der Waals surface area contributed by atoms with E-state index in [9.17, 15) is 9.18 Å². The van der Waals surface area contributed by atoms with Crippen LogP contribution in [0, 0.1) is 19.7 Å². The lowest BCUT2D eigenvalue weighted by Crippen LogP contribution is -2.46. The molecule has 0 bridgehead atoms. The van der Waals surface area contributed by atoms with Gasteiger partial charge in [-0.05, 0) is 43.2 Å². The molecule has 1 N–H and O–H groups in total. The summed E-state index contributed by atoms with van der Waals surface area (Å²) in [6, 6.07) is 14.9. The number of rotatable bonds is 5. The van der Waals surface area contributed by atoms with Gasteiger partial charge in [0.05, 0.1) is 12.2 Å². The molecule has 1 aliphatic rings. The normalized spacial score (nSPS) is 14.4. The van der Waals surface area contributed by atoms with Crippen molar-refractivity contribution in [2.75, 3.05) is 31.1 Å². The molecule has 5 nitrogen and oxygen atoms in total. The number of hydrogen-bond acceptors (Lipinski definition) is 4. The van der Waals surface area contributed by atoms with Crippen molar-refractivity contribution in [3.63, 3.8) is 0 Å². The molecule has 0 aliphatic carbocycles. The van der Waals surface area contributed by atoms with Crippen molar-refractivity contribution in [1.82, 2.24) is 15.1 Å². The average Bonchev–Trinajstić information content (AvgIpc) is 2.79. The van der Waals surface area contributed by atoms with E-state index in [-0.39, 0.29) is 11.4 Å². The molecule has 160 valence electrons. The summed E-state index contributed by atoms with van der Waals surface area (Å²) in [7, 11) is 0. The molecule has 6 heteroatoms. The van der Waals surface area contributed by atoms with Crippen LogP contribution in [0.4, 0.5) is 10.1 Å². The Hall–Kier alpha value is -3.25. The van der Waals surface area contributed by atoms with Crippen LogP contribution < -0.4 is 15.8 Å². The molecule has 0 saturated carbocycles. The van der Waals surface area contributed by atoms with Crippen molar-refractivity contribution in [2.45, 2.75) is 20.4 Å². The zero-order chi connectivity index (χ0) is 21.8. The summed E-state index contributed by atoms with van der Waals surface area (Å²) in [5.41, 5.74) is 4.57. The molecule has 0 radical (unpaired) electrons. The number of nitrogens with zero attached hydrogens (tertiary/aromatic N) is 3. The van der Waals surface area contributed by atoms with Crippen LogP contribution in [-0.4, -0.2) is 36.0 Å². The Balaban J connectivity index is 1.78. The van der Waals surface area contributed by atoms with Crippen LogP contribution in [-0.2, 0) is 6.54 Å².